The fraction of sp³-hybridized carbons (Fsp3) is 0.714. The molecule has 1 aliphatic carbocycles. The topological polar surface area (TPSA) is 73.1 Å². The molecule has 3 aliphatic rings. The highest BCUT2D eigenvalue weighted by Crippen LogP contribution is 2.44. The van der Waals surface area contributed by atoms with Crippen LogP contribution in [0, 0.1) is 0 Å². The molecule has 5 heteroatoms. The van der Waals surface area contributed by atoms with Crippen LogP contribution in [0.3, 0.4) is 0 Å². The average Bonchev–Trinajstić information content (AvgIpc) is 3.08. The minimum Gasteiger partial charge on any atom is -0.374 e. The summed E-state index contributed by atoms with van der Waals surface area (Å²) in [5.74, 6) is 7.80. The summed E-state index contributed by atoms with van der Waals surface area (Å²) >= 11 is 0. The lowest BCUT2D eigenvalue weighted by Crippen LogP contribution is -2.22. The van der Waals surface area contributed by atoms with E-state index in [0.29, 0.717) is 18.1 Å². The second kappa shape index (κ2) is 4.42. The van der Waals surface area contributed by atoms with Crippen LogP contribution in [0.15, 0.2) is 0 Å². The molecule has 3 N–H and O–H groups in total. The van der Waals surface area contributed by atoms with E-state index in [9.17, 15) is 0 Å². The number of hydrazine groups is 1. The van der Waals surface area contributed by atoms with E-state index in [2.05, 4.69) is 10.4 Å². The molecule has 5 nitrogen and oxygen atoms in total. The van der Waals surface area contributed by atoms with E-state index in [-0.39, 0.29) is 0 Å². The molecular formula is C14H20N4O. The Morgan fingerprint density at radius 2 is 2.05 bits per heavy atom. The van der Waals surface area contributed by atoms with E-state index in [1.807, 2.05) is 0 Å². The van der Waals surface area contributed by atoms with Crippen LogP contribution in [-0.2, 0) is 17.6 Å². The van der Waals surface area contributed by atoms with Crippen molar-refractivity contribution in [3.63, 3.8) is 0 Å². The van der Waals surface area contributed by atoms with Gasteiger partial charge in [0.25, 0.3) is 0 Å². The SMILES string of the molecule is NNc1nc(C2CC3CCC2O3)nc2c1CCCC2. The van der Waals surface area contributed by atoms with Crippen molar-refractivity contribution < 1.29 is 4.74 Å². The Morgan fingerprint density at radius 3 is 2.79 bits per heavy atom. The molecule has 19 heavy (non-hydrogen) atoms. The number of anilines is 1. The molecule has 102 valence electrons. The van der Waals surface area contributed by atoms with Gasteiger partial charge in [0.2, 0.25) is 0 Å². The van der Waals surface area contributed by atoms with E-state index in [1.165, 1.54) is 30.5 Å². The molecule has 0 saturated carbocycles. The monoisotopic (exact) mass is 260 g/mol. The van der Waals surface area contributed by atoms with Gasteiger partial charge in [0, 0.05) is 17.2 Å². The summed E-state index contributed by atoms with van der Waals surface area (Å²) < 4.78 is 5.93. The third kappa shape index (κ3) is 1.83. The van der Waals surface area contributed by atoms with E-state index in [4.69, 9.17) is 15.6 Å². The summed E-state index contributed by atoms with van der Waals surface area (Å²) in [7, 11) is 0. The van der Waals surface area contributed by atoms with Crippen molar-refractivity contribution in [1.29, 1.82) is 0 Å². The second-order valence-corrected chi connectivity index (χ2v) is 5.92. The minimum absolute atomic E-state index is 0.331. The van der Waals surface area contributed by atoms with Gasteiger partial charge in [-0.15, -0.1) is 0 Å². The number of fused-ring (bicyclic) bond motifs is 3. The average molecular weight is 260 g/mol. The lowest BCUT2D eigenvalue weighted by molar-refractivity contribution is 0.0998. The first-order valence-electron chi connectivity index (χ1n) is 7.37. The Labute approximate surface area is 112 Å². The zero-order valence-electron chi connectivity index (χ0n) is 11.1. The van der Waals surface area contributed by atoms with Crippen molar-refractivity contribution in [2.45, 2.75) is 63.1 Å². The number of aryl methyl sites for hydroxylation is 1. The molecule has 3 unspecified atom stereocenters. The molecule has 2 bridgehead atoms. The Kier molecular flexibility index (Phi) is 2.70. The smallest absolute Gasteiger partial charge is 0.147 e. The molecule has 3 atom stereocenters. The molecule has 1 aromatic rings. The highest BCUT2D eigenvalue weighted by molar-refractivity contribution is 5.47. The molecule has 1 aromatic heterocycles. The molecule has 3 heterocycles. The predicted molar refractivity (Wildman–Crippen MR) is 71.7 cm³/mol. The fourth-order valence-electron chi connectivity index (χ4n) is 3.81. The van der Waals surface area contributed by atoms with Gasteiger partial charge in [-0.3, -0.25) is 0 Å². The van der Waals surface area contributed by atoms with E-state index >= 15 is 0 Å². The molecule has 4 rings (SSSR count). The molecule has 0 radical (unpaired) electrons. The van der Waals surface area contributed by atoms with Crippen LogP contribution in [0.25, 0.3) is 0 Å². The first-order chi connectivity index (χ1) is 9.35. The Balaban J connectivity index is 1.72. The van der Waals surface area contributed by atoms with Gasteiger partial charge in [0.15, 0.2) is 0 Å². The van der Waals surface area contributed by atoms with Gasteiger partial charge in [-0.2, -0.15) is 0 Å². The predicted octanol–water partition coefficient (Wildman–Crippen LogP) is 1.68. The summed E-state index contributed by atoms with van der Waals surface area (Å²) in [6.45, 7) is 0. The van der Waals surface area contributed by atoms with Gasteiger partial charge in [-0.25, -0.2) is 15.8 Å². The van der Waals surface area contributed by atoms with Crippen LogP contribution < -0.4 is 11.3 Å². The molecule has 2 aliphatic heterocycles. The Bertz CT molecular complexity index is 487. The summed E-state index contributed by atoms with van der Waals surface area (Å²) in [4.78, 5) is 9.51. The molecular weight excluding hydrogens is 240 g/mol. The second-order valence-electron chi connectivity index (χ2n) is 5.92. The van der Waals surface area contributed by atoms with Crippen LogP contribution in [0.4, 0.5) is 5.82 Å². The number of nitrogens with one attached hydrogen (secondary N) is 1. The highest BCUT2D eigenvalue weighted by Gasteiger charge is 2.43. The molecule has 2 saturated heterocycles. The van der Waals surface area contributed by atoms with Crippen LogP contribution in [0.1, 0.15) is 55.1 Å². The maximum Gasteiger partial charge on any atom is 0.147 e. The van der Waals surface area contributed by atoms with Crippen molar-refractivity contribution in [2.24, 2.45) is 5.84 Å². The van der Waals surface area contributed by atoms with Gasteiger partial charge < -0.3 is 10.2 Å². The lowest BCUT2D eigenvalue weighted by atomic mass is 9.88. The standard InChI is InChI=1S/C14H20N4O/c15-18-14-9-3-1-2-4-11(9)16-13(17-14)10-7-8-5-6-12(10)19-8/h8,10,12H,1-7,15H2,(H,16,17,18). The third-order valence-corrected chi connectivity index (χ3v) is 4.77. The van der Waals surface area contributed by atoms with Crippen LogP contribution in [0.5, 0.6) is 0 Å². The lowest BCUT2D eigenvalue weighted by Gasteiger charge is -2.22. The summed E-state index contributed by atoms with van der Waals surface area (Å²) in [6.07, 6.45) is 8.73. The maximum absolute atomic E-state index is 5.93. The quantitative estimate of drug-likeness (QED) is 0.625. The molecule has 0 amide bonds. The normalized spacial score (nSPS) is 32.4. The Hall–Kier alpha value is -1.20. The van der Waals surface area contributed by atoms with Crippen molar-refractivity contribution in [2.75, 3.05) is 5.43 Å². The highest BCUT2D eigenvalue weighted by atomic mass is 16.5. The first kappa shape index (κ1) is 11.6. The third-order valence-electron chi connectivity index (χ3n) is 4.77. The largest absolute Gasteiger partial charge is 0.374 e. The number of nitrogens with two attached hydrogens (primary N) is 1. The van der Waals surface area contributed by atoms with E-state index in [0.717, 1.165) is 37.3 Å². The minimum atomic E-state index is 0.331. The van der Waals surface area contributed by atoms with Crippen molar-refractivity contribution >= 4 is 5.82 Å². The van der Waals surface area contributed by atoms with Gasteiger partial charge in [-0.1, -0.05) is 0 Å². The van der Waals surface area contributed by atoms with Crippen molar-refractivity contribution in [3.8, 4) is 0 Å². The van der Waals surface area contributed by atoms with Gasteiger partial charge in [0.05, 0.1) is 12.2 Å². The van der Waals surface area contributed by atoms with Crippen LogP contribution in [-0.4, -0.2) is 22.2 Å². The fourth-order valence-corrected chi connectivity index (χ4v) is 3.81. The van der Waals surface area contributed by atoms with Gasteiger partial charge in [-0.05, 0) is 44.9 Å². The summed E-state index contributed by atoms with van der Waals surface area (Å²) in [6, 6.07) is 0. The zero-order chi connectivity index (χ0) is 12.8. The van der Waals surface area contributed by atoms with Crippen LogP contribution in [0.2, 0.25) is 0 Å². The summed E-state index contributed by atoms with van der Waals surface area (Å²) in [5.41, 5.74) is 5.20. The van der Waals surface area contributed by atoms with E-state index < -0.39 is 0 Å². The number of ether oxygens (including phenoxy) is 1. The number of nitrogen functional groups attached to an aromatic ring is 1. The number of hydrogen-bond acceptors (Lipinski definition) is 5. The number of rotatable bonds is 2. The maximum atomic E-state index is 5.93. The first-order valence-corrected chi connectivity index (χ1v) is 7.37. The number of hydrogen-bond donors (Lipinski definition) is 2. The molecule has 0 spiro atoms. The van der Waals surface area contributed by atoms with Crippen molar-refractivity contribution in [3.05, 3.63) is 17.1 Å². The zero-order valence-corrected chi connectivity index (χ0v) is 11.1. The molecule has 0 aromatic carbocycles. The number of aromatic nitrogens is 2. The van der Waals surface area contributed by atoms with Gasteiger partial charge >= 0.3 is 0 Å². The summed E-state index contributed by atoms with van der Waals surface area (Å²) in [5, 5.41) is 0. The van der Waals surface area contributed by atoms with Crippen LogP contribution >= 0.6 is 0 Å². The molecule has 2 fully saturated rings. The Morgan fingerprint density at radius 1 is 1.16 bits per heavy atom. The number of nitrogens with zero attached hydrogens (tertiary/aromatic N) is 2. The van der Waals surface area contributed by atoms with Gasteiger partial charge in [0.1, 0.15) is 11.6 Å². The van der Waals surface area contributed by atoms with E-state index in [1.54, 1.807) is 0 Å². The van der Waals surface area contributed by atoms with Crippen molar-refractivity contribution in [1.82, 2.24) is 9.97 Å².